The molecule has 0 amide bonds. The van der Waals surface area contributed by atoms with Crippen LogP contribution in [-0.2, 0) is 0 Å². The summed E-state index contributed by atoms with van der Waals surface area (Å²) >= 11 is 11.9. The van der Waals surface area contributed by atoms with Crippen molar-refractivity contribution in [3.05, 3.63) is 24.3 Å². The maximum atomic E-state index is 9.87. The molecule has 3 N–H and O–H groups in total. The maximum absolute atomic E-state index is 9.87. The zero-order valence-electron chi connectivity index (χ0n) is 12.1. The van der Waals surface area contributed by atoms with Crippen molar-refractivity contribution in [1.82, 2.24) is 0 Å². The van der Waals surface area contributed by atoms with Gasteiger partial charge in [0.2, 0.25) is 0 Å². The fraction of sp³-hybridized carbons (Fsp3) is 0.600. The van der Waals surface area contributed by atoms with Crippen molar-refractivity contribution in [2.75, 3.05) is 26.3 Å². The molecule has 1 aromatic carbocycles. The van der Waals surface area contributed by atoms with E-state index in [9.17, 15) is 5.11 Å². The summed E-state index contributed by atoms with van der Waals surface area (Å²) in [5.74, 6) is 1.87. The molecular weight excluding hydrogens is 313 g/mol. The first-order valence-corrected chi connectivity index (χ1v) is 8.00. The molecule has 0 heterocycles. The van der Waals surface area contributed by atoms with E-state index in [1.54, 1.807) is 0 Å². The molecule has 2 rings (SSSR count). The summed E-state index contributed by atoms with van der Waals surface area (Å²) < 4.78 is 10.3. The second-order valence-electron chi connectivity index (χ2n) is 5.29. The normalized spacial score (nSPS) is 20.9. The van der Waals surface area contributed by atoms with Crippen LogP contribution in [0.2, 0.25) is 0 Å². The van der Waals surface area contributed by atoms with E-state index in [1.165, 1.54) is 0 Å². The van der Waals surface area contributed by atoms with E-state index < -0.39 is 10.4 Å². The van der Waals surface area contributed by atoms with Crippen LogP contribution < -0.4 is 14.8 Å². The van der Waals surface area contributed by atoms with Crippen molar-refractivity contribution in [2.24, 2.45) is 5.92 Å². The molecule has 1 fully saturated rings. The Morgan fingerprint density at radius 3 is 2.38 bits per heavy atom. The van der Waals surface area contributed by atoms with Crippen LogP contribution in [0, 0.1) is 5.92 Å². The number of aliphatic hydroxyl groups excluding tert-OH is 1. The van der Waals surface area contributed by atoms with E-state index >= 15 is 0 Å². The fourth-order valence-electron chi connectivity index (χ4n) is 2.07. The van der Waals surface area contributed by atoms with Crippen LogP contribution in [0.15, 0.2) is 24.3 Å². The number of ether oxygens (including phenoxy) is 2. The van der Waals surface area contributed by atoms with Gasteiger partial charge in [0.15, 0.2) is 0 Å². The third-order valence-electron chi connectivity index (χ3n) is 3.42. The van der Waals surface area contributed by atoms with Crippen molar-refractivity contribution < 1.29 is 19.9 Å². The Hall–Kier alpha value is -0.680. The summed E-state index contributed by atoms with van der Waals surface area (Å²) in [6.07, 6.45) is 0.321. The highest BCUT2D eigenvalue weighted by Gasteiger charge is 2.52. The van der Waals surface area contributed by atoms with Gasteiger partial charge in [0, 0.05) is 5.92 Å². The summed E-state index contributed by atoms with van der Waals surface area (Å²) in [6, 6.07) is 7.37. The zero-order valence-corrected chi connectivity index (χ0v) is 13.6. The van der Waals surface area contributed by atoms with Gasteiger partial charge in [-0.15, -0.1) is 23.2 Å². The standard InChI is InChI=1S/C15H21Cl2NO3/c1-2-20-13-3-5-14(6-4-13)21-10-12(19)9-18-8-11-7-15(11,16)17/h3-6,11-12,18-19H,2,7-10H2,1H3/p+1/t11-,12+/m1/s1. The lowest BCUT2D eigenvalue weighted by molar-refractivity contribution is -0.663. The molecule has 0 bridgehead atoms. The number of hydrogen-bond donors (Lipinski definition) is 2. The van der Waals surface area contributed by atoms with Crippen LogP contribution in [0.4, 0.5) is 0 Å². The molecule has 0 aromatic heterocycles. The summed E-state index contributed by atoms with van der Waals surface area (Å²) in [4.78, 5) is 0. The Kier molecular flexibility index (Phi) is 5.99. The number of alkyl halides is 2. The van der Waals surface area contributed by atoms with Gasteiger partial charge in [-0.2, -0.15) is 0 Å². The predicted octanol–water partition coefficient (Wildman–Crippen LogP) is 1.58. The number of hydrogen-bond acceptors (Lipinski definition) is 3. The monoisotopic (exact) mass is 334 g/mol. The maximum Gasteiger partial charge on any atom is 0.137 e. The average molecular weight is 335 g/mol. The van der Waals surface area contributed by atoms with Crippen molar-refractivity contribution >= 4 is 23.2 Å². The number of halogens is 2. The molecule has 21 heavy (non-hydrogen) atoms. The van der Waals surface area contributed by atoms with Gasteiger partial charge in [-0.05, 0) is 37.6 Å². The van der Waals surface area contributed by atoms with E-state index in [-0.39, 0.29) is 6.61 Å². The van der Waals surface area contributed by atoms with Gasteiger partial charge in [-0.1, -0.05) is 0 Å². The van der Waals surface area contributed by atoms with Crippen molar-refractivity contribution in [3.8, 4) is 11.5 Å². The number of benzene rings is 1. The van der Waals surface area contributed by atoms with Crippen molar-refractivity contribution in [2.45, 2.75) is 23.8 Å². The minimum atomic E-state index is -0.541. The van der Waals surface area contributed by atoms with Crippen molar-refractivity contribution in [3.63, 3.8) is 0 Å². The second-order valence-corrected chi connectivity index (χ2v) is 6.83. The lowest BCUT2D eigenvalue weighted by Gasteiger charge is -2.12. The summed E-state index contributed by atoms with van der Waals surface area (Å²) in [6.45, 7) is 4.27. The summed E-state index contributed by atoms with van der Waals surface area (Å²) in [5, 5.41) is 11.9. The van der Waals surface area contributed by atoms with E-state index in [1.807, 2.05) is 36.5 Å². The number of rotatable bonds is 9. The molecule has 6 heteroatoms. The van der Waals surface area contributed by atoms with Crippen LogP contribution in [0.25, 0.3) is 0 Å². The largest absolute Gasteiger partial charge is 0.494 e. The van der Waals surface area contributed by atoms with Gasteiger partial charge in [-0.25, -0.2) is 0 Å². The molecule has 2 atom stereocenters. The van der Waals surface area contributed by atoms with Gasteiger partial charge in [0.1, 0.15) is 35.1 Å². The first-order valence-electron chi connectivity index (χ1n) is 7.24. The SMILES string of the molecule is CCOc1ccc(OC[C@@H](O)C[NH2+]C[C@H]2CC2(Cl)Cl)cc1. The Balaban J connectivity index is 1.60. The molecule has 4 nitrogen and oxygen atoms in total. The predicted molar refractivity (Wildman–Crippen MR) is 83.3 cm³/mol. The Labute approximate surface area is 135 Å². The Morgan fingerprint density at radius 1 is 1.29 bits per heavy atom. The molecule has 1 aliphatic carbocycles. The molecule has 0 unspecified atom stereocenters. The zero-order chi connectivity index (χ0) is 15.3. The molecule has 0 aliphatic heterocycles. The van der Waals surface area contributed by atoms with E-state index in [2.05, 4.69) is 0 Å². The highest BCUT2D eigenvalue weighted by molar-refractivity contribution is 6.50. The van der Waals surface area contributed by atoms with Crippen LogP contribution >= 0.6 is 23.2 Å². The van der Waals surface area contributed by atoms with Crippen LogP contribution in [-0.4, -0.2) is 41.8 Å². The lowest BCUT2D eigenvalue weighted by Crippen LogP contribution is -2.87. The van der Waals surface area contributed by atoms with E-state index in [0.717, 1.165) is 24.5 Å². The third kappa shape index (κ3) is 5.55. The molecular formula is C15H22Cl2NO3+. The smallest absolute Gasteiger partial charge is 0.137 e. The van der Waals surface area contributed by atoms with Gasteiger partial charge in [-0.3, -0.25) is 0 Å². The molecule has 118 valence electrons. The highest BCUT2D eigenvalue weighted by Crippen LogP contribution is 2.52. The van der Waals surface area contributed by atoms with Crippen LogP contribution in [0.1, 0.15) is 13.3 Å². The topological polar surface area (TPSA) is 55.3 Å². The number of aliphatic hydroxyl groups is 1. The Bertz CT molecular complexity index is 439. The first-order chi connectivity index (χ1) is 10.0. The van der Waals surface area contributed by atoms with Gasteiger partial charge in [0.25, 0.3) is 0 Å². The van der Waals surface area contributed by atoms with Gasteiger partial charge in [0.05, 0.1) is 13.2 Å². The molecule has 0 spiro atoms. The minimum Gasteiger partial charge on any atom is -0.494 e. The molecule has 1 saturated carbocycles. The molecule has 1 aliphatic rings. The summed E-state index contributed by atoms with van der Waals surface area (Å²) in [5.41, 5.74) is 0. The minimum absolute atomic E-state index is 0.266. The number of nitrogens with two attached hydrogens (primary N) is 1. The van der Waals surface area contributed by atoms with Crippen LogP contribution in [0.3, 0.4) is 0 Å². The molecule has 0 radical (unpaired) electrons. The number of quaternary nitrogens is 1. The van der Waals surface area contributed by atoms with E-state index in [4.69, 9.17) is 32.7 Å². The third-order valence-corrected chi connectivity index (χ3v) is 4.35. The van der Waals surface area contributed by atoms with Crippen LogP contribution in [0.5, 0.6) is 11.5 Å². The summed E-state index contributed by atoms with van der Waals surface area (Å²) in [7, 11) is 0. The average Bonchev–Trinajstić information content (AvgIpc) is 3.06. The van der Waals surface area contributed by atoms with E-state index in [0.29, 0.717) is 19.1 Å². The molecule has 0 saturated heterocycles. The Morgan fingerprint density at radius 2 is 1.86 bits per heavy atom. The second kappa shape index (κ2) is 7.54. The highest BCUT2D eigenvalue weighted by atomic mass is 35.5. The lowest BCUT2D eigenvalue weighted by atomic mass is 10.3. The van der Waals surface area contributed by atoms with Gasteiger partial charge < -0.3 is 19.9 Å². The van der Waals surface area contributed by atoms with Crippen molar-refractivity contribution in [1.29, 1.82) is 0 Å². The fourth-order valence-corrected chi connectivity index (χ4v) is 2.63. The first kappa shape index (κ1) is 16.7. The quantitative estimate of drug-likeness (QED) is 0.674. The molecule has 1 aromatic rings. The van der Waals surface area contributed by atoms with Gasteiger partial charge >= 0.3 is 0 Å².